The summed E-state index contributed by atoms with van der Waals surface area (Å²) in [4.78, 5) is 21.9. The maximum Gasteiger partial charge on any atom is 0.328 e. The summed E-state index contributed by atoms with van der Waals surface area (Å²) in [6.45, 7) is 2.40. The van der Waals surface area contributed by atoms with Gasteiger partial charge in [0.1, 0.15) is 6.04 Å². The average Bonchev–Trinajstić information content (AvgIpc) is 2.47. The summed E-state index contributed by atoms with van der Waals surface area (Å²) >= 11 is 0. The van der Waals surface area contributed by atoms with Crippen LogP contribution < -0.4 is 11.4 Å². The van der Waals surface area contributed by atoms with Crippen molar-refractivity contribution in [3.05, 3.63) is 22.9 Å². The molecule has 14 heavy (non-hydrogen) atoms. The minimum atomic E-state index is -1.11. The van der Waals surface area contributed by atoms with Crippen molar-refractivity contribution in [2.24, 2.45) is 5.73 Å². The first-order chi connectivity index (χ1) is 6.56. The van der Waals surface area contributed by atoms with Gasteiger partial charge < -0.3 is 10.8 Å². The van der Waals surface area contributed by atoms with E-state index in [4.69, 9.17) is 10.8 Å². The zero-order chi connectivity index (χ0) is 10.7. The first-order valence-electron chi connectivity index (χ1n) is 4.30. The molecular weight excluding hydrogens is 186 g/mol. The highest BCUT2D eigenvalue weighted by Gasteiger charge is 2.13. The van der Waals surface area contributed by atoms with E-state index in [1.807, 2.05) is 6.92 Å². The smallest absolute Gasteiger partial charge is 0.328 e. The molecule has 1 unspecified atom stereocenters. The molecule has 0 spiro atoms. The molecule has 6 nitrogen and oxygen atoms in total. The Morgan fingerprint density at radius 1 is 1.57 bits per heavy atom. The van der Waals surface area contributed by atoms with Crippen LogP contribution in [0.15, 0.2) is 17.2 Å². The summed E-state index contributed by atoms with van der Waals surface area (Å²) in [5, 5.41) is 8.55. The van der Waals surface area contributed by atoms with E-state index in [1.54, 1.807) is 6.20 Å². The third kappa shape index (κ3) is 2.02. The van der Waals surface area contributed by atoms with Gasteiger partial charge in [0.05, 0.1) is 6.54 Å². The number of carbonyl (C=O) groups is 1. The molecule has 0 aromatic carbocycles. The van der Waals surface area contributed by atoms with Gasteiger partial charge in [0.15, 0.2) is 0 Å². The van der Waals surface area contributed by atoms with Crippen LogP contribution in [0, 0.1) is 0 Å². The Bertz CT molecular complexity index is 379. The molecule has 0 bridgehead atoms. The maximum atomic E-state index is 11.4. The predicted octanol–water partition coefficient (Wildman–Crippen LogP) is -0.918. The van der Waals surface area contributed by atoms with Crippen LogP contribution in [-0.2, 0) is 17.9 Å². The van der Waals surface area contributed by atoms with Gasteiger partial charge in [0, 0.05) is 18.9 Å². The van der Waals surface area contributed by atoms with Crippen LogP contribution in [0.2, 0.25) is 0 Å². The van der Waals surface area contributed by atoms with E-state index < -0.39 is 12.0 Å². The molecule has 6 heteroatoms. The summed E-state index contributed by atoms with van der Waals surface area (Å²) in [7, 11) is 0. The van der Waals surface area contributed by atoms with E-state index in [1.165, 1.54) is 15.3 Å². The summed E-state index contributed by atoms with van der Waals surface area (Å²) in [5.74, 6) is -1.11. The number of rotatable bonds is 4. The third-order valence-corrected chi connectivity index (χ3v) is 1.97. The van der Waals surface area contributed by atoms with Gasteiger partial charge in [0.2, 0.25) is 0 Å². The Kier molecular flexibility index (Phi) is 3.08. The number of nitrogens with zero attached hydrogens (tertiary/aromatic N) is 2. The lowest BCUT2D eigenvalue weighted by Gasteiger charge is -2.05. The first kappa shape index (κ1) is 10.5. The molecule has 0 amide bonds. The van der Waals surface area contributed by atoms with Crippen LogP contribution in [0.4, 0.5) is 0 Å². The van der Waals surface area contributed by atoms with E-state index in [0.717, 1.165) is 0 Å². The highest BCUT2D eigenvalue weighted by molar-refractivity contribution is 5.72. The van der Waals surface area contributed by atoms with E-state index in [-0.39, 0.29) is 12.2 Å². The molecule has 0 saturated carbocycles. The van der Waals surface area contributed by atoms with Crippen LogP contribution in [-0.4, -0.2) is 26.3 Å². The maximum absolute atomic E-state index is 11.4. The number of aromatic nitrogens is 2. The van der Waals surface area contributed by atoms with Gasteiger partial charge in [0.25, 0.3) is 0 Å². The monoisotopic (exact) mass is 199 g/mol. The van der Waals surface area contributed by atoms with E-state index >= 15 is 0 Å². The van der Waals surface area contributed by atoms with E-state index in [0.29, 0.717) is 6.54 Å². The van der Waals surface area contributed by atoms with Gasteiger partial charge in [-0.1, -0.05) is 0 Å². The Balaban J connectivity index is 2.83. The summed E-state index contributed by atoms with van der Waals surface area (Å²) in [6, 6.07) is -1.04. The number of hydrogen-bond donors (Lipinski definition) is 2. The number of aliphatic carboxylic acids is 1. The van der Waals surface area contributed by atoms with Crippen LogP contribution in [0.25, 0.3) is 0 Å². The molecule has 0 aliphatic rings. The van der Waals surface area contributed by atoms with Crippen molar-refractivity contribution in [1.29, 1.82) is 0 Å². The van der Waals surface area contributed by atoms with Crippen LogP contribution in [0.3, 0.4) is 0 Å². The van der Waals surface area contributed by atoms with E-state index in [2.05, 4.69) is 0 Å². The van der Waals surface area contributed by atoms with Crippen molar-refractivity contribution in [2.75, 3.05) is 0 Å². The predicted molar refractivity (Wildman–Crippen MR) is 50.0 cm³/mol. The van der Waals surface area contributed by atoms with Crippen LogP contribution in [0.1, 0.15) is 6.92 Å². The topological polar surface area (TPSA) is 90.2 Å². The van der Waals surface area contributed by atoms with Crippen molar-refractivity contribution in [3.63, 3.8) is 0 Å². The summed E-state index contributed by atoms with van der Waals surface area (Å²) in [6.07, 6.45) is 3.14. The Labute approximate surface area is 80.6 Å². The van der Waals surface area contributed by atoms with Crippen molar-refractivity contribution in [2.45, 2.75) is 26.1 Å². The molecule has 0 saturated heterocycles. The molecule has 0 aliphatic heterocycles. The minimum absolute atomic E-state index is 0.00116. The normalized spacial score (nSPS) is 12.7. The fourth-order valence-corrected chi connectivity index (χ4v) is 1.12. The molecule has 3 N–H and O–H groups in total. The fourth-order valence-electron chi connectivity index (χ4n) is 1.12. The van der Waals surface area contributed by atoms with Gasteiger partial charge >= 0.3 is 11.7 Å². The largest absolute Gasteiger partial charge is 0.480 e. The lowest BCUT2D eigenvalue weighted by atomic mass is 10.3. The zero-order valence-corrected chi connectivity index (χ0v) is 7.88. The molecule has 1 aromatic rings. The van der Waals surface area contributed by atoms with Crippen molar-refractivity contribution in [1.82, 2.24) is 9.13 Å². The number of carboxylic acid groups (broad SMARTS) is 1. The number of aryl methyl sites for hydroxylation is 1. The summed E-state index contributed by atoms with van der Waals surface area (Å²) in [5.41, 5.74) is 5.07. The van der Waals surface area contributed by atoms with Gasteiger partial charge in [-0.2, -0.15) is 0 Å². The molecular formula is C8H13N3O3. The average molecular weight is 199 g/mol. The van der Waals surface area contributed by atoms with Crippen molar-refractivity contribution < 1.29 is 9.90 Å². The quantitative estimate of drug-likeness (QED) is 0.656. The summed E-state index contributed by atoms with van der Waals surface area (Å²) < 4.78 is 2.77. The number of nitrogens with two attached hydrogens (primary N) is 1. The molecule has 78 valence electrons. The highest BCUT2D eigenvalue weighted by Crippen LogP contribution is 1.88. The lowest BCUT2D eigenvalue weighted by molar-refractivity contribution is -0.138. The number of carboxylic acids is 1. The molecule has 1 heterocycles. The van der Waals surface area contributed by atoms with Crippen LogP contribution >= 0.6 is 0 Å². The van der Waals surface area contributed by atoms with Gasteiger partial charge in [-0.25, -0.2) is 4.79 Å². The molecule has 0 aliphatic carbocycles. The lowest BCUT2D eigenvalue weighted by Crippen LogP contribution is -2.38. The van der Waals surface area contributed by atoms with Crippen molar-refractivity contribution >= 4 is 5.97 Å². The fraction of sp³-hybridized carbons (Fsp3) is 0.500. The molecule has 1 aromatic heterocycles. The standard InChI is InChI=1S/C8H13N3O3/c1-2-10-3-4-11(8(10)14)5-6(9)7(12)13/h3-4,6H,2,5,9H2,1H3,(H,12,13). The number of imidazole rings is 1. The molecule has 0 radical (unpaired) electrons. The SMILES string of the molecule is CCn1ccn(CC(N)C(=O)O)c1=O. The molecule has 1 atom stereocenters. The Morgan fingerprint density at radius 3 is 2.57 bits per heavy atom. The second-order valence-corrected chi connectivity index (χ2v) is 2.96. The first-order valence-corrected chi connectivity index (χ1v) is 4.30. The second-order valence-electron chi connectivity index (χ2n) is 2.96. The van der Waals surface area contributed by atoms with Crippen LogP contribution in [0.5, 0.6) is 0 Å². The van der Waals surface area contributed by atoms with Gasteiger partial charge in [-0.05, 0) is 6.92 Å². The highest BCUT2D eigenvalue weighted by atomic mass is 16.4. The zero-order valence-electron chi connectivity index (χ0n) is 7.88. The van der Waals surface area contributed by atoms with Gasteiger partial charge in [-0.3, -0.25) is 13.9 Å². The van der Waals surface area contributed by atoms with Crippen molar-refractivity contribution in [3.8, 4) is 0 Å². The Morgan fingerprint density at radius 2 is 2.14 bits per heavy atom. The Hall–Kier alpha value is -1.56. The third-order valence-electron chi connectivity index (χ3n) is 1.97. The molecule has 0 fully saturated rings. The second kappa shape index (κ2) is 4.10. The van der Waals surface area contributed by atoms with E-state index in [9.17, 15) is 9.59 Å². The van der Waals surface area contributed by atoms with Gasteiger partial charge in [-0.15, -0.1) is 0 Å². The minimum Gasteiger partial charge on any atom is -0.480 e. The number of hydrogen-bond acceptors (Lipinski definition) is 3. The molecule has 1 rings (SSSR count).